The molecule has 1 heterocycles. The first kappa shape index (κ1) is 24.3. The summed E-state index contributed by atoms with van der Waals surface area (Å²) in [7, 11) is 0. The molecule has 0 spiro atoms. The summed E-state index contributed by atoms with van der Waals surface area (Å²) >= 11 is 0. The second-order valence-corrected chi connectivity index (χ2v) is 8.65. The molecule has 2 N–H and O–H groups in total. The Kier molecular flexibility index (Phi) is 7.43. The Hall–Kier alpha value is -3.32. The highest BCUT2D eigenvalue weighted by Crippen LogP contribution is 2.40. The van der Waals surface area contributed by atoms with Crippen LogP contribution in [0.3, 0.4) is 0 Å². The van der Waals surface area contributed by atoms with Gasteiger partial charge in [0.1, 0.15) is 17.3 Å². The molecule has 0 saturated carbocycles. The van der Waals surface area contributed by atoms with Crippen molar-refractivity contribution >= 4 is 17.4 Å². The van der Waals surface area contributed by atoms with Crippen LogP contribution in [0.1, 0.15) is 50.4 Å². The maximum Gasteiger partial charge on any atom is 0.295 e. The van der Waals surface area contributed by atoms with Crippen LogP contribution in [0, 0.1) is 6.92 Å². The number of ketones is 1. The summed E-state index contributed by atoms with van der Waals surface area (Å²) in [6.07, 6.45) is -0.0282. The van der Waals surface area contributed by atoms with E-state index < -0.39 is 17.7 Å². The number of carbonyl (C=O) groups is 2. The first-order valence-electron chi connectivity index (χ1n) is 11.1. The molecule has 1 aliphatic heterocycles. The van der Waals surface area contributed by atoms with E-state index in [4.69, 9.17) is 9.47 Å². The number of ether oxygens (including phenoxy) is 2. The number of aromatic hydroxyl groups is 1. The van der Waals surface area contributed by atoms with Crippen molar-refractivity contribution in [1.29, 1.82) is 0 Å². The molecule has 0 aromatic heterocycles. The summed E-state index contributed by atoms with van der Waals surface area (Å²) in [5.74, 6) is -0.954. The molecule has 33 heavy (non-hydrogen) atoms. The number of amides is 1. The molecule has 176 valence electrons. The van der Waals surface area contributed by atoms with Crippen LogP contribution in [0.5, 0.6) is 11.5 Å². The Balaban J connectivity index is 2.07. The number of Topliss-reactive ketones (excluding diaryl/α,β-unsaturated/α-hetero) is 1. The lowest BCUT2D eigenvalue weighted by atomic mass is 9.94. The molecular weight excluding hydrogens is 422 g/mol. The summed E-state index contributed by atoms with van der Waals surface area (Å²) in [4.78, 5) is 27.4. The quantitative estimate of drug-likeness (QED) is 0.351. The van der Waals surface area contributed by atoms with Crippen LogP contribution >= 0.6 is 0 Å². The molecule has 2 aromatic rings. The maximum absolute atomic E-state index is 13.1. The predicted octanol–water partition coefficient (Wildman–Crippen LogP) is 4.33. The van der Waals surface area contributed by atoms with E-state index in [0.29, 0.717) is 16.9 Å². The van der Waals surface area contributed by atoms with E-state index in [-0.39, 0.29) is 42.4 Å². The van der Waals surface area contributed by atoms with Crippen LogP contribution in [0.4, 0.5) is 0 Å². The molecule has 1 unspecified atom stereocenters. The minimum Gasteiger partial charge on any atom is -0.508 e. The number of hydrogen-bond donors (Lipinski definition) is 2. The third kappa shape index (κ3) is 5.37. The van der Waals surface area contributed by atoms with Crippen molar-refractivity contribution in [3.63, 3.8) is 0 Å². The number of nitrogens with zero attached hydrogens (tertiary/aromatic N) is 1. The predicted molar refractivity (Wildman–Crippen MR) is 125 cm³/mol. The fraction of sp³-hybridized carbons (Fsp3) is 0.385. The molecule has 1 amide bonds. The van der Waals surface area contributed by atoms with Gasteiger partial charge in [-0.05, 0) is 76.1 Å². The Bertz CT molecular complexity index is 1050. The lowest BCUT2D eigenvalue weighted by Crippen LogP contribution is -2.33. The zero-order valence-corrected chi connectivity index (χ0v) is 19.7. The maximum atomic E-state index is 13.1. The Morgan fingerprint density at radius 1 is 1.03 bits per heavy atom. The Morgan fingerprint density at radius 2 is 1.70 bits per heavy atom. The number of benzene rings is 2. The number of phenolic OH excluding ortho intramolecular Hbond substituents is 1. The van der Waals surface area contributed by atoms with Gasteiger partial charge in [-0.15, -0.1) is 0 Å². The molecule has 3 rings (SSSR count). The van der Waals surface area contributed by atoms with Crippen molar-refractivity contribution in [3.05, 3.63) is 64.7 Å². The smallest absolute Gasteiger partial charge is 0.295 e. The van der Waals surface area contributed by atoms with Crippen molar-refractivity contribution < 1.29 is 29.3 Å². The van der Waals surface area contributed by atoms with Gasteiger partial charge in [-0.2, -0.15) is 0 Å². The van der Waals surface area contributed by atoms with Crippen molar-refractivity contribution in [3.8, 4) is 11.5 Å². The molecule has 1 fully saturated rings. The molecular formula is C26H31NO6. The average molecular weight is 454 g/mol. The average Bonchev–Trinajstić information content (AvgIpc) is 2.99. The van der Waals surface area contributed by atoms with Crippen LogP contribution in [-0.4, -0.2) is 52.2 Å². The molecule has 1 aliphatic rings. The fourth-order valence-corrected chi connectivity index (χ4v) is 3.84. The van der Waals surface area contributed by atoms with Gasteiger partial charge in [-0.3, -0.25) is 9.59 Å². The summed E-state index contributed by atoms with van der Waals surface area (Å²) in [5.41, 5.74) is 1.83. The van der Waals surface area contributed by atoms with Gasteiger partial charge >= 0.3 is 0 Å². The second kappa shape index (κ2) is 10.1. The van der Waals surface area contributed by atoms with E-state index in [1.807, 2.05) is 34.6 Å². The van der Waals surface area contributed by atoms with E-state index in [1.54, 1.807) is 30.3 Å². The van der Waals surface area contributed by atoms with E-state index >= 15 is 0 Å². The van der Waals surface area contributed by atoms with Gasteiger partial charge in [0.25, 0.3) is 11.7 Å². The van der Waals surface area contributed by atoms with E-state index in [9.17, 15) is 19.8 Å². The van der Waals surface area contributed by atoms with Crippen molar-refractivity contribution in [1.82, 2.24) is 4.90 Å². The topological polar surface area (TPSA) is 96.3 Å². The molecule has 0 radical (unpaired) electrons. The van der Waals surface area contributed by atoms with Crippen LogP contribution in [0.2, 0.25) is 0 Å². The second-order valence-electron chi connectivity index (χ2n) is 8.65. The van der Waals surface area contributed by atoms with Crippen LogP contribution in [-0.2, 0) is 14.3 Å². The van der Waals surface area contributed by atoms with Gasteiger partial charge < -0.3 is 24.6 Å². The number of likely N-dealkylation sites (tertiary alicyclic amines) is 1. The van der Waals surface area contributed by atoms with Gasteiger partial charge in [-0.25, -0.2) is 0 Å². The van der Waals surface area contributed by atoms with Crippen LogP contribution in [0.25, 0.3) is 5.76 Å². The lowest BCUT2D eigenvalue weighted by molar-refractivity contribution is -0.140. The van der Waals surface area contributed by atoms with Gasteiger partial charge in [-0.1, -0.05) is 12.1 Å². The monoisotopic (exact) mass is 453 g/mol. The van der Waals surface area contributed by atoms with Gasteiger partial charge in [0.2, 0.25) is 0 Å². The highest BCUT2D eigenvalue weighted by molar-refractivity contribution is 6.46. The number of rotatable bonds is 8. The summed E-state index contributed by atoms with van der Waals surface area (Å²) in [5, 5.41) is 20.9. The lowest BCUT2D eigenvalue weighted by Gasteiger charge is -2.25. The van der Waals surface area contributed by atoms with Gasteiger partial charge in [0, 0.05) is 12.1 Å². The van der Waals surface area contributed by atoms with Crippen molar-refractivity contribution in [2.75, 3.05) is 13.2 Å². The minimum atomic E-state index is -0.798. The minimum absolute atomic E-state index is 0.00368. The highest BCUT2D eigenvalue weighted by atomic mass is 16.5. The number of hydrogen-bond acceptors (Lipinski definition) is 6. The third-order valence-electron chi connectivity index (χ3n) is 5.34. The molecule has 1 saturated heterocycles. The van der Waals surface area contributed by atoms with E-state index in [2.05, 4.69) is 0 Å². The zero-order chi connectivity index (χ0) is 24.3. The molecule has 2 aromatic carbocycles. The highest BCUT2D eigenvalue weighted by Gasteiger charge is 2.45. The van der Waals surface area contributed by atoms with Gasteiger partial charge in [0.05, 0.1) is 30.4 Å². The van der Waals surface area contributed by atoms with Crippen LogP contribution in [0.15, 0.2) is 48.0 Å². The summed E-state index contributed by atoms with van der Waals surface area (Å²) < 4.78 is 11.4. The zero-order valence-electron chi connectivity index (χ0n) is 19.7. The fourth-order valence-electron chi connectivity index (χ4n) is 3.84. The normalized spacial score (nSPS) is 17.9. The van der Waals surface area contributed by atoms with Crippen molar-refractivity contribution in [2.45, 2.75) is 52.9 Å². The molecule has 7 nitrogen and oxygen atoms in total. The number of aryl methyl sites for hydroxylation is 1. The first-order valence-corrected chi connectivity index (χ1v) is 11.1. The number of aliphatic hydroxyl groups is 1. The SMILES string of the molecule is Cc1cc(/C(O)=C2/C(=O)C(=O)N(CCOC(C)C)C2c2ccc(O)cc2)ccc1OC(C)C. The number of aliphatic hydroxyl groups excluding tert-OH is 1. The largest absolute Gasteiger partial charge is 0.508 e. The van der Waals surface area contributed by atoms with Crippen LogP contribution < -0.4 is 4.74 Å². The molecule has 1 atom stereocenters. The first-order chi connectivity index (χ1) is 15.6. The molecule has 0 bridgehead atoms. The molecule has 0 aliphatic carbocycles. The summed E-state index contributed by atoms with van der Waals surface area (Å²) in [6, 6.07) is 10.6. The Morgan fingerprint density at radius 3 is 2.27 bits per heavy atom. The van der Waals surface area contributed by atoms with Gasteiger partial charge in [0.15, 0.2) is 0 Å². The van der Waals surface area contributed by atoms with E-state index in [0.717, 1.165) is 5.56 Å². The number of carbonyl (C=O) groups excluding carboxylic acids is 2. The Labute approximate surface area is 194 Å². The summed E-state index contributed by atoms with van der Waals surface area (Å²) in [6.45, 7) is 9.92. The standard InChI is InChI=1S/C26H31NO6/c1-15(2)32-13-12-27-23(18-6-9-20(28)10-7-18)22(25(30)26(27)31)24(29)19-8-11-21(17(5)14-19)33-16(3)4/h6-11,14-16,23,28-29H,12-13H2,1-5H3/b24-22-. The van der Waals surface area contributed by atoms with E-state index in [1.165, 1.54) is 17.0 Å². The molecule has 7 heteroatoms. The third-order valence-corrected chi connectivity index (χ3v) is 5.34. The van der Waals surface area contributed by atoms with Crippen molar-refractivity contribution in [2.24, 2.45) is 0 Å². The number of phenols is 1.